The van der Waals surface area contributed by atoms with E-state index in [0.29, 0.717) is 11.5 Å². The van der Waals surface area contributed by atoms with Gasteiger partial charge < -0.3 is 23.0 Å². The van der Waals surface area contributed by atoms with E-state index in [1.165, 1.54) is 31.2 Å². The minimum absolute atomic E-state index is 0.0991. The molecule has 10 heteroatoms. The zero-order valence-electron chi connectivity index (χ0n) is 17.1. The number of aryl methyl sites for hydroxylation is 1. The Bertz CT molecular complexity index is 1250. The Balaban J connectivity index is 1.30. The van der Waals surface area contributed by atoms with Gasteiger partial charge in [-0.05, 0) is 74.2 Å². The van der Waals surface area contributed by atoms with Crippen molar-refractivity contribution in [3.8, 4) is 17.2 Å². The monoisotopic (exact) mass is 460 g/mol. The van der Waals surface area contributed by atoms with Gasteiger partial charge in [0, 0.05) is 0 Å². The molecule has 1 aliphatic carbocycles. The molecule has 0 amide bonds. The van der Waals surface area contributed by atoms with Crippen molar-refractivity contribution in [2.45, 2.75) is 31.3 Å². The molecule has 1 aromatic heterocycles. The fraction of sp³-hybridized carbons (Fsp3) is 0.273. The second-order valence-corrected chi connectivity index (χ2v) is 9.38. The molecule has 32 heavy (non-hydrogen) atoms. The molecule has 1 saturated carbocycles. The fourth-order valence-corrected chi connectivity index (χ4v) is 4.57. The first-order valence-corrected chi connectivity index (χ1v) is 11.5. The van der Waals surface area contributed by atoms with Gasteiger partial charge in [0.1, 0.15) is 17.2 Å². The minimum atomic E-state index is -3.27. The fourth-order valence-electron chi connectivity index (χ4n) is 2.87. The largest absolute Gasteiger partial charge is 0.519 e. The number of hydrogen-bond acceptors (Lipinski definition) is 9. The normalized spacial score (nSPS) is 13.5. The summed E-state index contributed by atoms with van der Waals surface area (Å²) in [6, 6.07) is 12.4. The zero-order valence-corrected chi connectivity index (χ0v) is 17.9. The van der Waals surface area contributed by atoms with Crippen LogP contribution in [0.1, 0.15) is 24.4 Å². The van der Waals surface area contributed by atoms with Gasteiger partial charge in [-0.15, -0.1) is 0 Å². The van der Waals surface area contributed by atoms with Crippen molar-refractivity contribution >= 4 is 16.0 Å². The molecule has 1 aliphatic rings. The lowest BCUT2D eigenvalue weighted by atomic mass is 10.3. The molecule has 168 valence electrons. The van der Waals surface area contributed by atoms with Crippen LogP contribution >= 0.6 is 0 Å². The Morgan fingerprint density at radius 1 is 0.969 bits per heavy atom. The molecule has 3 aromatic rings. The molecule has 0 N–H and O–H groups in total. The molecular weight excluding hydrogens is 440 g/mol. The van der Waals surface area contributed by atoms with E-state index >= 15 is 0 Å². The second-order valence-electron chi connectivity index (χ2n) is 7.34. The Hall–Kier alpha value is -3.53. The van der Waals surface area contributed by atoms with Crippen molar-refractivity contribution in [2.75, 3.05) is 5.75 Å². The van der Waals surface area contributed by atoms with Crippen molar-refractivity contribution in [1.82, 2.24) is 0 Å². The maximum Gasteiger partial charge on any atom is 0.519 e. The van der Waals surface area contributed by atoms with Crippen LogP contribution in [0.25, 0.3) is 0 Å². The molecule has 0 saturated heterocycles. The number of sulfone groups is 1. The van der Waals surface area contributed by atoms with E-state index in [4.69, 9.17) is 18.6 Å². The molecular formula is C22H20O9S. The summed E-state index contributed by atoms with van der Waals surface area (Å²) in [7, 11) is -3.27. The average molecular weight is 460 g/mol. The highest BCUT2D eigenvalue weighted by atomic mass is 32.2. The number of carbonyl (C=O) groups excluding carboxylic acids is 1. The summed E-state index contributed by atoms with van der Waals surface area (Å²) in [5, 5.41) is 0. The summed E-state index contributed by atoms with van der Waals surface area (Å²) in [6.07, 6.45) is 0.963. The van der Waals surface area contributed by atoms with E-state index in [1.807, 2.05) is 0 Å². The molecule has 0 spiro atoms. The lowest BCUT2D eigenvalue weighted by molar-refractivity contribution is 0.0857. The van der Waals surface area contributed by atoms with Gasteiger partial charge in [0.2, 0.25) is 0 Å². The Morgan fingerprint density at radius 2 is 1.56 bits per heavy atom. The minimum Gasteiger partial charge on any atom is -0.457 e. The van der Waals surface area contributed by atoms with Crippen LogP contribution < -0.4 is 15.3 Å². The first-order chi connectivity index (χ1) is 15.3. The summed E-state index contributed by atoms with van der Waals surface area (Å²) in [5.41, 5.74) is 0. The quantitative estimate of drug-likeness (QED) is 0.359. The van der Waals surface area contributed by atoms with Crippen molar-refractivity contribution in [2.24, 2.45) is 5.92 Å². The highest BCUT2D eigenvalue weighted by Crippen LogP contribution is 2.33. The maximum atomic E-state index is 12.3. The summed E-state index contributed by atoms with van der Waals surface area (Å²) in [5.74, 6) is 1.07. The number of ether oxygens (including phenoxy) is 3. The van der Waals surface area contributed by atoms with Gasteiger partial charge in [-0.2, -0.15) is 0 Å². The molecule has 1 fully saturated rings. The first kappa shape index (κ1) is 21.7. The third kappa shape index (κ3) is 5.58. The van der Waals surface area contributed by atoms with Crippen molar-refractivity contribution in [3.05, 3.63) is 70.7 Å². The van der Waals surface area contributed by atoms with Gasteiger partial charge in [0.05, 0.1) is 10.6 Å². The Kier molecular flexibility index (Phi) is 6.04. The van der Waals surface area contributed by atoms with Crippen molar-refractivity contribution < 1.29 is 36.3 Å². The van der Waals surface area contributed by atoms with E-state index in [2.05, 4.69) is 4.42 Å². The number of rotatable bonds is 8. The van der Waals surface area contributed by atoms with Gasteiger partial charge in [-0.1, -0.05) is 0 Å². The summed E-state index contributed by atoms with van der Waals surface area (Å²) >= 11 is 0. The Morgan fingerprint density at radius 3 is 2.12 bits per heavy atom. The van der Waals surface area contributed by atoms with Crippen LogP contribution in [0.4, 0.5) is 4.79 Å². The number of carbonyl (C=O) groups is 1. The predicted molar refractivity (Wildman–Crippen MR) is 111 cm³/mol. The van der Waals surface area contributed by atoms with Crippen LogP contribution in [-0.4, -0.2) is 20.3 Å². The predicted octanol–water partition coefficient (Wildman–Crippen LogP) is 4.23. The molecule has 0 bridgehead atoms. The molecule has 4 rings (SSSR count). The molecule has 0 aliphatic heterocycles. The molecule has 0 unspecified atom stereocenters. The van der Waals surface area contributed by atoms with Crippen LogP contribution in [0.3, 0.4) is 0 Å². The van der Waals surface area contributed by atoms with E-state index in [1.54, 1.807) is 24.3 Å². The van der Waals surface area contributed by atoms with Crippen LogP contribution in [0.5, 0.6) is 17.2 Å². The molecule has 0 atom stereocenters. The third-order valence-electron chi connectivity index (χ3n) is 4.75. The van der Waals surface area contributed by atoms with Gasteiger partial charge >= 0.3 is 12.0 Å². The highest BCUT2D eigenvalue weighted by molar-refractivity contribution is 7.91. The standard InChI is InChI=1S/C22H20O9S/c1-14-20(31-22(24)28-14)12-27-21(23)30-18-6-4-16(5-7-18)29-17-8-10-19(11-9-17)32(25,26)13-15-2-3-15/h4-11,15H,2-3,12-13H2,1H3. The van der Waals surface area contributed by atoms with E-state index in [-0.39, 0.29) is 40.4 Å². The van der Waals surface area contributed by atoms with Gasteiger partial charge in [-0.25, -0.2) is 18.0 Å². The van der Waals surface area contributed by atoms with Crippen LogP contribution in [0.2, 0.25) is 0 Å². The Labute approximate surface area is 183 Å². The SMILES string of the molecule is Cc1oc(=O)oc1COC(=O)Oc1ccc(Oc2ccc(S(=O)(=O)CC3CC3)cc2)cc1. The first-order valence-electron chi connectivity index (χ1n) is 9.83. The molecule has 2 aromatic carbocycles. The molecule has 9 nitrogen and oxygen atoms in total. The van der Waals surface area contributed by atoms with Crippen molar-refractivity contribution in [1.29, 1.82) is 0 Å². The topological polar surface area (TPSA) is 122 Å². The smallest absolute Gasteiger partial charge is 0.457 e. The maximum absolute atomic E-state index is 12.3. The summed E-state index contributed by atoms with van der Waals surface area (Å²) in [6.45, 7) is 1.21. The molecule has 0 radical (unpaired) electrons. The summed E-state index contributed by atoms with van der Waals surface area (Å²) < 4.78 is 49.6. The highest BCUT2D eigenvalue weighted by Gasteiger charge is 2.29. The van der Waals surface area contributed by atoms with Gasteiger partial charge in [0.25, 0.3) is 0 Å². The van der Waals surface area contributed by atoms with E-state index in [9.17, 15) is 18.0 Å². The second kappa shape index (κ2) is 8.91. The van der Waals surface area contributed by atoms with Crippen LogP contribution in [0, 0.1) is 12.8 Å². The van der Waals surface area contributed by atoms with E-state index < -0.39 is 21.8 Å². The molecule has 1 heterocycles. The lowest BCUT2D eigenvalue weighted by Gasteiger charge is -2.09. The van der Waals surface area contributed by atoms with Crippen LogP contribution in [0.15, 0.2) is 67.1 Å². The van der Waals surface area contributed by atoms with E-state index in [0.717, 1.165) is 12.8 Å². The third-order valence-corrected chi connectivity index (χ3v) is 6.65. The van der Waals surface area contributed by atoms with Gasteiger partial charge in [-0.3, -0.25) is 0 Å². The van der Waals surface area contributed by atoms with Gasteiger partial charge in [0.15, 0.2) is 28.0 Å². The van der Waals surface area contributed by atoms with Crippen LogP contribution in [-0.2, 0) is 21.2 Å². The van der Waals surface area contributed by atoms with Crippen molar-refractivity contribution in [3.63, 3.8) is 0 Å². The summed E-state index contributed by atoms with van der Waals surface area (Å²) in [4.78, 5) is 23.0. The number of benzene rings is 2. The zero-order chi connectivity index (χ0) is 22.7. The lowest BCUT2D eigenvalue weighted by Crippen LogP contribution is -2.10. The average Bonchev–Trinajstić information content (AvgIpc) is 3.49. The number of hydrogen-bond donors (Lipinski definition) is 0.